The highest BCUT2D eigenvalue weighted by Crippen LogP contribution is 2.34. The summed E-state index contributed by atoms with van der Waals surface area (Å²) in [5.41, 5.74) is 2.46. The van der Waals surface area contributed by atoms with Crippen LogP contribution in [0.15, 0.2) is 18.5 Å². The molecule has 3 heteroatoms. The van der Waals surface area contributed by atoms with Gasteiger partial charge in [0.15, 0.2) is 0 Å². The van der Waals surface area contributed by atoms with E-state index < -0.39 is 0 Å². The average Bonchev–Trinajstić information content (AvgIpc) is 2.48. The van der Waals surface area contributed by atoms with Gasteiger partial charge in [0.2, 0.25) is 0 Å². The molecule has 1 aromatic heterocycles. The fraction of sp³-hybridized carbons (Fsp3) is 0.706. The van der Waals surface area contributed by atoms with Crippen LogP contribution >= 0.6 is 0 Å². The van der Waals surface area contributed by atoms with Gasteiger partial charge in [0.05, 0.1) is 12.1 Å². The van der Waals surface area contributed by atoms with Gasteiger partial charge >= 0.3 is 0 Å². The molecule has 1 aliphatic rings. The predicted molar refractivity (Wildman–Crippen MR) is 82.8 cm³/mol. The summed E-state index contributed by atoms with van der Waals surface area (Å²) in [6.45, 7) is 4.97. The fourth-order valence-corrected chi connectivity index (χ4v) is 3.43. The van der Waals surface area contributed by atoms with E-state index >= 15 is 0 Å². The van der Waals surface area contributed by atoms with Gasteiger partial charge in [0, 0.05) is 19.0 Å². The number of hydrogen-bond donors (Lipinski definition) is 1. The van der Waals surface area contributed by atoms with Crippen LogP contribution in [0.1, 0.15) is 56.2 Å². The minimum absolute atomic E-state index is 0.241. The van der Waals surface area contributed by atoms with Crippen LogP contribution in [-0.2, 0) is 4.74 Å². The number of aryl methyl sites for hydroxylation is 1. The molecule has 2 atom stereocenters. The zero-order chi connectivity index (χ0) is 14.4. The van der Waals surface area contributed by atoms with E-state index in [1.165, 1.54) is 43.2 Å². The maximum absolute atomic E-state index is 6.14. The molecule has 1 saturated carbocycles. The molecule has 2 rings (SSSR count). The molecule has 0 bridgehead atoms. The summed E-state index contributed by atoms with van der Waals surface area (Å²) < 4.78 is 6.14. The summed E-state index contributed by atoms with van der Waals surface area (Å²) in [5.74, 6) is 0.668. The predicted octanol–water partition coefficient (Wildman–Crippen LogP) is 3.64. The summed E-state index contributed by atoms with van der Waals surface area (Å²) in [5, 5.41) is 3.46. The maximum atomic E-state index is 6.14. The molecule has 0 spiro atoms. The van der Waals surface area contributed by atoms with Crippen molar-refractivity contribution in [1.82, 2.24) is 10.3 Å². The number of pyridine rings is 1. The van der Waals surface area contributed by atoms with Crippen LogP contribution in [0, 0.1) is 12.8 Å². The molecule has 0 radical (unpaired) electrons. The molecular weight excluding hydrogens is 248 g/mol. The first-order valence-corrected chi connectivity index (χ1v) is 7.96. The van der Waals surface area contributed by atoms with Crippen LogP contribution in [0.25, 0.3) is 0 Å². The molecule has 1 N–H and O–H groups in total. The molecule has 3 nitrogen and oxygen atoms in total. The molecule has 1 heterocycles. The Bertz CT molecular complexity index is 402. The van der Waals surface area contributed by atoms with E-state index in [1.807, 2.05) is 19.4 Å². The third-order valence-corrected chi connectivity index (χ3v) is 4.37. The molecular formula is C17H28N2O. The van der Waals surface area contributed by atoms with Crippen molar-refractivity contribution in [2.24, 2.45) is 5.92 Å². The summed E-state index contributed by atoms with van der Waals surface area (Å²) in [6, 6.07) is 2.47. The average molecular weight is 276 g/mol. The van der Waals surface area contributed by atoms with Crippen molar-refractivity contribution >= 4 is 0 Å². The Balaban J connectivity index is 2.19. The normalized spacial score (nSPS) is 19.8. The summed E-state index contributed by atoms with van der Waals surface area (Å²) in [6.07, 6.45) is 10.8. The first-order valence-electron chi connectivity index (χ1n) is 7.96. The van der Waals surface area contributed by atoms with E-state index in [9.17, 15) is 0 Å². The number of hydrogen-bond acceptors (Lipinski definition) is 3. The van der Waals surface area contributed by atoms with Gasteiger partial charge in [-0.05, 0) is 50.8 Å². The molecule has 20 heavy (non-hydrogen) atoms. The summed E-state index contributed by atoms with van der Waals surface area (Å²) in [4.78, 5) is 4.35. The minimum atomic E-state index is 0.241. The van der Waals surface area contributed by atoms with Gasteiger partial charge in [0.25, 0.3) is 0 Å². The summed E-state index contributed by atoms with van der Waals surface area (Å²) >= 11 is 0. The molecule has 1 fully saturated rings. The molecule has 0 amide bonds. The van der Waals surface area contributed by atoms with Crippen molar-refractivity contribution in [3.63, 3.8) is 0 Å². The van der Waals surface area contributed by atoms with Gasteiger partial charge in [0.1, 0.15) is 0 Å². The molecule has 0 saturated heterocycles. The monoisotopic (exact) mass is 276 g/mol. The second-order valence-corrected chi connectivity index (χ2v) is 5.88. The Morgan fingerprint density at radius 1 is 1.30 bits per heavy atom. The highest BCUT2D eigenvalue weighted by Gasteiger charge is 2.31. The Morgan fingerprint density at radius 3 is 2.65 bits per heavy atom. The van der Waals surface area contributed by atoms with Crippen molar-refractivity contribution in [3.05, 3.63) is 29.6 Å². The maximum Gasteiger partial charge on any atom is 0.0798 e. The van der Waals surface area contributed by atoms with Gasteiger partial charge in [-0.3, -0.25) is 4.98 Å². The minimum Gasteiger partial charge on any atom is -0.376 e. The van der Waals surface area contributed by atoms with Crippen LogP contribution in [0.5, 0.6) is 0 Å². The first kappa shape index (κ1) is 15.5. The third-order valence-electron chi connectivity index (χ3n) is 4.37. The Hall–Kier alpha value is -0.930. The Morgan fingerprint density at radius 2 is 2.05 bits per heavy atom. The van der Waals surface area contributed by atoms with E-state index in [2.05, 4.69) is 30.2 Å². The van der Waals surface area contributed by atoms with Crippen LogP contribution in [0.4, 0.5) is 0 Å². The second kappa shape index (κ2) is 7.75. The van der Waals surface area contributed by atoms with Crippen molar-refractivity contribution in [2.75, 3.05) is 13.7 Å². The van der Waals surface area contributed by atoms with Crippen molar-refractivity contribution in [1.29, 1.82) is 0 Å². The zero-order valence-electron chi connectivity index (χ0n) is 13.1. The molecule has 0 aromatic carbocycles. The van der Waals surface area contributed by atoms with E-state index in [4.69, 9.17) is 4.74 Å². The van der Waals surface area contributed by atoms with E-state index in [-0.39, 0.29) is 12.1 Å². The smallest absolute Gasteiger partial charge is 0.0798 e. The van der Waals surface area contributed by atoms with Crippen molar-refractivity contribution in [3.8, 4) is 0 Å². The SMILES string of the molecule is CCOC(C1CCCCC1)C(NC)c1cncc(C)c1. The number of nitrogens with zero attached hydrogens (tertiary/aromatic N) is 1. The van der Waals surface area contributed by atoms with Crippen molar-refractivity contribution in [2.45, 2.75) is 58.1 Å². The van der Waals surface area contributed by atoms with E-state index in [0.29, 0.717) is 5.92 Å². The van der Waals surface area contributed by atoms with Gasteiger partial charge in [-0.15, -0.1) is 0 Å². The number of ether oxygens (including phenoxy) is 1. The lowest BCUT2D eigenvalue weighted by atomic mass is 9.81. The Kier molecular flexibility index (Phi) is 5.99. The van der Waals surface area contributed by atoms with Crippen molar-refractivity contribution < 1.29 is 4.74 Å². The summed E-state index contributed by atoms with van der Waals surface area (Å²) in [7, 11) is 2.03. The highest BCUT2D eigenvalue weighted by molar-refractivity contribution is 5.21. The van der Waals surface area contributed by atoms with Crippen LogP contribution in [0.3, 0.4) is 0 Å². The van der Waals surface area contributed by atoms with Gasteiger partial charge < -0.3 is 10.1 Å². The lowest BCUT2D eigenvalue weighted by Crippen LogP contribution is -2.38. The largest absolute Gasteiger partial charge is 0.376 e. The molecule has 1 aliphatic carbocycles. The molecule has 112 valence electrons. The lowest BCUT2D eigenvalue weighted by molar-refractivity contribution is -0.0168. The zero-order valence-corrected chi connectivity index (χ0v) is 13.1. The quantitative estimate of drug-likeness (QED) is 0.861. The molecule has 1 aromatic rings. The third kappa shape index (κ3) is 3.80. The van der Waals surface area contributed by atoms with Gasteiger partial charge in [-0.2, -0.15) is 0 Å². The fourth-order valence-electron chi connectivity index (χ4n) is 3.43. The standard InChI is InChI=1S/C17H28N2O/c1-4-20-17(14-8-6-5-7-9-14)16(18-3)15-10-13(2)11-19-12-15/h10-12,14,16-18H,4-9H2,1-3H3. The van der Waals surface area contributed by atoms with E-state index in [1.54, 1.807) is 0 Å². The van der Waals surface area contributed by atoms with Crippen LogP contribution < -0.4 is 5.32 Å². The second-order valence-electron chi connectivity index (χ2n) is 5.88. The number of likely N-dealkylation sites (N-methyl/N-ethyl adjacent to an activating group) is 1. The van der Waals surface area contributed by atoms with Gasteiger partial charge in [-0.1, -0.05) is 25.3 Å². The topological polar surface area (TPSA) is 34.1 Å². The first-order chi connectivity index (χ1) is 9.76. The Labute approximate surface area is 123 Å². The van der Waals surface area contributed by atoms with E-state index in [0.717, 1.165) is 6.61 Å². The van der Waals surface area contributed by atoms with Crippen LogP contribution in [0.2, 0.25) is 0 Å². The molecule has 0 aliphatic heterocycles. The molecule has 2 unspecified atom stereocenters. The number of aromatic nitrogens is 1. The number of nitrogens with one attached hydrogen (secondary N) is 1. The van der Waals surface area contributed by atoms with Crippen LogP contribution in [-0.4, -0.2) is 24.7 Å². The van der Waals surface area contributed by atoms with Gasteiger partial charge in [-0.25, -0.2) is 0 Å². The lowest BCUT2D eigenvalue weighted by Gasteiger charge is -2.35. The number of rotatable bonds is 6. The highest BCUT2D eigenvalue weighted by atomic mass is 16.5.